The Hall–Kier alpha value is -3.55. The molecule has 0 saturated carbocycles. The number of hydrogen-bond acceptors (Lipinski definition) is 4. The Morgan fingerprint density at radius 3 is 3.00 bits per heavy atom. The van der Waals surface area contributed by atoms with Gasteiger partial charge in [-0.1, -0.05) is 11.3 Å². The zero-order chi connectivity index (χ0) is 17.7. The molecule has 0 saturated heterocycles. The highest BCUT2D eigenvalue weighted by Gasteiger charge is 2.12. The summed E-state index contributed by atoms with van der Waals surface area (Å²) in [6, 6.07) is 6.86. The van der Waals surface area contributed by atoms with Gasteiger partial charge in [-0.2, -0.15) is 5.10 Å². The van der Waals surface area contributed by atoms with Crippen LogP contribution < -0.4 is 0 Å². The molecule has 0 amide bonds. The van der Waals surface area contributed by atoms with Crippen LogP contribution in [0, 0.1) is 12.7 Å². The molecule has 128 valence electrons. The van der Waals surface area contributed by atoms with Crippen LogP contribution in [0.2, 0.25) is 0 Å². The smallest absolute Gasteiger partial charge is 0.137 e. The standard InChI is InChI=1S/C18H14FN7/c1-11-2-3-18-21-13(8-25(18)7-11)9-26-10-17(23-24-26)14-4-12(19)5-16-15(14)6-20-22-16/h2-8,10H,9H2,1H3,(H,20,22). The highest BCUT2D eigenvalue weighted by molar-refractivity contribution is 5.93. The third kappa shape index (κ3) is 2.43. The fourth-order valence-corrected chi connectivity index (χ4v) is 3.12. The molecule has 4 aromatic heterocycles. The molecule has 0 bridgehead atoms. The van der Waals surface area contributed by atoms with Gasteiger partial charge in [0.15, 0.2) is 0 Å². The number of H-pyrrole nitrogens is 1. The summed E-state index contributed by atoms with van der Waals surface area (Å²) in [5.41, 5.74) is 4.81. The van der Waals surface area contributed by atoms with Crippen LogP contribution in [0.5, 0.6) is 0 Å². The van der Waals surface area contributed by atoms with Gasteiger partial charge in [-0.25, -0.2) is 14.1 Å². The summed E-state index contributed by atoms with van der Waals surface area (Å²) in [5, 5.41) is 15.9. The van der Waals surface area contributed by atoms with Crippen LogP contribution in [0.25, 0.3) is 27.8 Å². The van der Waals surface area contributed by atoms with Crippen molar-refractivity contribution in [2.75, 3.05) is 0 Å². The molecule has 8 heteroatoms. The number of imidazole rings is 1. The summed E-state index contributed by atoms with van der Waals surface area (Å²) in [4.78, 5) is 4.59. The molecule has 0 aliphatic heterocycles. The number of nitrogens with zero attached hydrogens (tertiary/aromatic N) is 6. The van der Waals surface area contributed by atoms with Crippen molar-refractivity contribution in [1.82, 2.24) is 34.6 Å². The molecule has 4 heterocycles. The first-order valence-electron chi connectivity index (χ1n) is 8.13. The summed E-state index contributed by atoms with van der Waals surface area (Å²) in [6.07, 6.45) is 7.45. The first kappa shape index (κ1) is 14.8. The summed E-state index contributed by atoms with van der Waals surface area (Å²) in [5.74, 6) is -0.345. The maximum Gasteiger partial charge on any atom is 0.137 e. The minimum absolute atomic E-state index is 0.345. The van der Waals surface area contributed by atoms with Gasteiger partial charge < -0.3 is 4.40 Å². The first-order valence-corrected chi connectivity index (χ1v) is 8.13. The minimum Gasteiger partial charge on any atom is -0.306 e. The highest BCUT2D eigenvalue weighted by atomic mass is 19.1. The van der Waals surface area contributed by atoms with Crippen LogP contribution in [-0.4, -0.2) is 34.6 Å². The van der Waals surface area contributed by atoms with Crippen molar-refractivity contribution in [3.8, 4) is 11.3 Å². The zero-order valence-corrected chi connectivity index (χ0v) is 13.9. The van der Waals surface area contributed by atoms with Gasteiger partial charge in [0.2, 0.25) is 0 Å². The number of halogens is 1. The van der Waals surface area contributed by atoms with Crippen LogP contribution >= 0.6 is 0 Å². The van der Waals surface area contributed by atoms with Crippen LogP contribution in [0.1, 0.15) is 11.3 Å². The van der Waals surface area contributed by atoms with E-state index in [0.717, 1.165) is 16.7 Å². The molecule has 26 heavy (non-hydrogen) atoms. The molecule has 5 aromatic rings. The van der Waals surface area contributed by atoms with Crippen LogP contribution in [-0.2, 0) is 6.54 Å². The van der Waals surface area contributed by atoms with E-state index in [1.165, 1.54) is 17.7 Å². The molecule has 0 atom stereocenters. The second-order valence-corrected chi connectivity index (χ2v) is 6.29. The van der Waals surface area contributed by atoms with Gasteiger partial charge in [0.25, 0.3) is 0 Å². The number of aryl methyl sites for hydroxylation is 1. The molecule has 0 fully saturated rings. The molecular formula is C18H14FN7. The summed E-state index contributed by atoms with van der Waals surface area (Å²) < 4.78 is 17.5. The third-order valence-corrected chi connectivity index (χ3v) is 4.31. The Morgan fingerprint density at radius 2 is 2.08 bits per heavy atom. The van der Waals surface area contributed by atoms with E-state index in [4.69, 9.17) is 0 Å². The molecule has 0 aliphatic rings. The second-order valence-electron chi connectivity index (χ2n) is 6.29. The summed E-state index contributed by atoms with van der Waals surface area (Å²) in [6.45, 7) is 2.52. The van der Waals surface area contributed by atoms with E-state index < -0.39 is 0 Å². The molecule has 0 spiro atoms. The van der Waals surface area contributed by atoms with Crippen LogP contribution in [0.15, 0.2) is 49.1 Å². The van der Waals surface area contributed by atoms with E-state index in [1.54, 1.807) is 17.1 Å². The molecule has 1 aromatic carbocycles. The third-order valence-electron chi connectivity index (χ3n) is 4.31. The number of aromatic nitrogens is 7. The van der Waals surface area contributed by atoms with Gasteiger partial charge in [0, 0.05) is 23.3 Å². The number of fused-ring (bicyclic) bond motifs is 2. The molecule has 7 nitrogen and oxygen atoms in total. The number of benzene rings is 1. The lowest BCUT2D eigenvalue weighted by Crippen LogP contribution is -2.00. The van der Waals surface area contributed by atoms with Gasteiger partial charge in [-0.3, -0.25) is 5.10 Å². The second kappa shape index (κ2) is 5.48. The molecule has 0 unspecified atom stereocenters. The van der Waals surface area contributed by atoms with E-state index in [-0.39, 0.29) is 5.82 Å². The Bertz CT molecular complexity index is 1250. The predicted octanol–water partition coefficient (Wildman–Crippen LogP) is 2.96. The van der Waals surface area contributed by atoms with Crippen molar-refractivity contribution in [2.24, 2.45) is 0 Å². The van der Waals surface area contributed by atoms with Crippen molar-refractivity contribution in [3.05, 3.63) is 66.1 Å². The van der Waals surface area contributed by atoms with E-state index in [2.05, 4.69) is 25.5 Å². The maximum absolute atomic E-state index is 13.8. The average Bonchev–Trinajstić information content (AvgIpc) is 3.32. The highest BCUT2D eigenvalue weighted by Crippen LogP contribution is 2.27. The Balaban J connectivity index is 1.50. The fraction of sp³-hybridized carbons (Fsp3) is 0.111. The van der Waals surface area contributed by atoms with E-state index in [0.29, 0.717) is 23.3 Å². The van der Waals surface area contributed by atoms with Gasteiger partial charge >= 0.3 is 0 Å². The van der Waals surface area contributed by atoms with Crippen molar-refractivity contribution in [3.63, 3.8) is 0 Å². The van der Waals surface area contributed by atoms with Crippen LogP contribution in [0.4, 0.5) is 4.39 Å². The van der Waals surface area contributed by atoms with Gasteiger partial charge in [-0.15, -0.1) is 5.10 Å². The van der Waals surface area contributed by atoms with Gasteiger partial charge in [-0.05, 0) is 30.7 Å². The Labute approximate surface area is 147 Å². The van der Waals surface area contributed by atoms with Gasteiger partial charge in [0.1, 0.15) is 17.2 Å². The molecule has 1 N–H and O–H groups in total. The summed E-state index contributed by atoms with van der Waals surface area (Å²) >= 11 is 0. The normalized spacial score (nSPS) is 11.6. The SMILES string of the molecule is Cc1ccc2nc(Cn3cc(-c4cc(F)cc5[nH]ncc45)nn3)cn2c1. The fourth-order valence-electron chi connectivity index (χ4n) is 3.12. The molecular weight excluding hydrogens is 333 g/mol. The Kier molecular flexibility index (Phi) is 3.11. The van der Waals surface area contributed by atoms with Gasteiger partial charge in [0.05, 0.1) is 30.1 Å². The zero-order valence-electron chi connectivity index (χ0n) is 13.9. The quantitative estimate of drug-likeness (QED) is 0.544. The number of hydrogen-bond donors (Lipinski definition) is 1. The number of nitrogens with one attached hydrogen (secondary N) is 1. The lowest BCUT2D eigenvalue weighted by atomic mass is 10.1. The van der Waals surface area contributed by atoms with Crippen molar-refractivity contribution in [2.45, 2.75) is 13.5 Å². The number of pyridine rings is 1. The van der Waals surface area contributed by atoms with Crippen molar-refractivity contribution >= 4 is 16.6 Å². The first-order chi connectivity index (χ1) is 12.7. The topological polar surface area (TPSA) is 76.7 Å². The lowest BCUT2D eigenvalue weighted by Gasteiger charge is -1.99. The Morgan fingerprint density at radius 1 is 1.15 bits per heavy atom. The lowest BCUT2D eigenvalue weighted by molar-refractivity contribution is 0.629. The maximum atomic E-state index is 13.8. The van der Waals surface area contributed by atoms with Crippen molar-refractivity contribution < 1.29 is 4.39 Å². The molecule has 0 radical (unpaired) electrons. The number of aromatic amines is 1. The van der Waals surface area contributed by atoms with E-state index in [9.17, 15) is 4.39 Å². The largest absolute Gasteiger partial charge is 0.306 e. The summed E-state index contributed by atoms with van der Waals surface area (Å²) in [7, 11) is 0. The predicted molar refractivity (Wildman–Crippen MR) is 94.1 cm³/mol. The monoisotopic (exact) mass is 347 g/mol. The molecule has 0 aliphatic carbocycles. The van der Waals surface area contributed by atoms with Crippen molar-refractivity contribution in [1.29, 1.82) is 0 Å². The van der Waals surface area contributed by atoms with E-state index >= 15 is 0 Å². The van der Waals surface area contributed by atoms with Crippen LogP contribution in [0.3, 0.4) is 0 Å². The van der Waals surface area contributed by atoms with E-state index in [1.807, 2.05) is 35.9 Å². The average molecular weight is 347 g/mol. The molecule has 5 rings (SSSR count). The number of rotatable bonds is 3. The minimum atomic E-state index is -0.345.